The molecule has 7 nitrogen and oxygen atoms in total. The van der Waals surface area contributed by atoms with Gasteiger partial charge < -0.3 is 10.4 Å². The molecule has 0 spiro atoms. The van der Waals surface area contributed by atoms with E-state index in [-0.39, 0.29) is 5.69 Å². The van der Waals surface area contributed by atoms with Crippen LogP contribution in [-0.4, -0.2) is 32.0 Å². The number of nitrogens with one attached hydrogen (secondary N) is 1. The molecule has 0 aliphatic rings. The fraction of sp³-hybridized carbons (Fsp3) is 0.0909. The number of carbonyl (C=O) groups excluding carboxylic acids is 1. The highest BCUT2D eigenvalue weighted by atomic mass is 19.2. The lowest BCUT2D eigenvalue weighted by Gasteiger charge is -2.06. The summed E-state index contributed by atoms with van der Waals surface area (Å²) in [4.78, 5) is 22.1. The van der Waals surface area contributed by atoms with E-state index in [1.807, 2.05) is 5.32 Å². The number of nitrogens with zero attached hydrogens (tertiary/aromatic N) is 3. The van der Waals surface area contributed by atoms with E-state index in [2.05, 4.69) is 10.3 Å². The zero-order valence-electron chi connectivity index (χ0n) is 10.2. The second kappa shape index (κ2) is 5.61. The fourth-order valence-corrected chi connectivity index (χ4v) is 1.43. The molecule has 0 atom stereocenters. The Morgan fingerprint density at radius 1 is 1.19 bits per heavy atom. The van der Waals surface area contributed by atoms with Crippen molar-refractivity contribution in [1.82, 2.24) is 15.0 Å². The minimum atomic E-state index is -1.38. The first-order valence-electron chi connectivity index (χ1n) is 5.44. The topological polar surface area (TPSA) is 97.1 Å². The summed E-state index contributed by atoms with van der Waals surface area (Å²) in [5.74, 6) is -5.99. The summed E-state index contributed by atoms with van der Waals surface area (Å²) in [6.45, 7) is -0.473. The van der Waals surface area contributed by atoms with Gasteiger partial charge in [-0.3, -0.25) is 4.79 Å². The van der Waals surface area contributed by atoms with Crippen LogP contribution in [0.1, 0.15) is 10.5 Å². The van der Waals surface area contributed by atoms with E-state index in [9.17, 15) is 22.8 Å². The van der Waals surface area contributed by atoms with Gasteiger partial charge in [0.05, 0.1) is 11.9 Å². The zero-order chi connectivity index (χ0) is 15.6. The first-order chi connectivity index (χ1) is 9.86. The molecule has 1 aromatic carbocycles. The average Bonchev–Trinajstić information content (AvgIpc) is 2.84. The minimum absolute atomic E-state index is 0.295. The van der Waals surface area contributed by atoms with Crippen LogP contribution < -0.4 is 5.32 Å². The van der Waals surface area contributed by atoms with Gasteiger partial charge in [-0.25, -0.2) is 22.6 Å². The Bertz CT molecular complexity index is 717. The normalized spacial score (nSPS) is 10.4. The number of carboxylic acids is 1. The van der Waals surface area contributed by atoms with Crippen molar-refractivity contribution in [2.24, 2.45) is 0 Å². The number of aromatic carboxylic acids is 1. The summed E-state index contributed by atoms with van der Waals surface area (Å²) in [7, 11) is 0. The number of halogens is 3. The highest BCUT2D eigenvalue weighted by Gasteiger charge is 2.14. The van der Waals surface area contributed by atoms with E-state index >= 15 is 0 Å². The summed E-state index contributed by atoms with van der Waals surface area (Å²) in [6, 6.07) is 0.787. The number of aromatic nitrogens is 3. The van der Waals surface area contributed by atoms with Crippen LogP contribution in [0.3, 0.4) is 0 Å². The third kappa shape index (κ3) is 3.35. The molecule has 0 fully saturated rings. The van der Waals surface area contributed by atoms with Crippen molar-refractivity contribution in [3.05, 3.63) is 41.5 Å². The summed E-state index contributed by atoms with van der Waals surface area (Å²) in [5.41, 5.74) is -0.917. The van der Waals surface area contributed by atoms with E-state index in [1.165, 1.54) is 0 Å². The first-order valence-corrected chi connectivity index (χ1v) is 5.44. The van der Waals surface area contributed by atoms with Gasteiger partial charge in [0.1, 0.15) is 12.4 Å². The summed E-state index contributed by atoms with van der Waals surface area (Å²) < 4.78 is 39.9. The largest absolute Gasteiger partial charge is 0.476 e. The van der Waals surface area contributed by atoms with Crippen molar-refractivity contribution < 1.29 is 27.9 Å². The SMILES string of the molecule is O=C(Cn1cc(C(=O)O)nn1)Nc1cc(F)c(F)cc1F. The molecule has 10 heteroatoms. The molecule has 0 radical (unpaired) electrons. The van der Waals surface area contributed by atoms with Gasteiger partial charge in [0.15, 0.2) is 17.3 Å². The number of hydrogen-bond acceptors (Lipinski definition) is 4. The van der Waals surface area contributed by atoms with Crippen molar-refractivity contribution in [2.45, 2.75) is 6.54 Å². The minimum Gasteiger partial charge on any atom is -0.476 e. The van der Waals surface area contributed by atoms with E-state index < -0.39 is 41.6 Å². The van der Waals surface area contributed by atoms with E-state index in [4.69, 9.17) is 5.11 Å². The number of benzene rings is 1. The van der Waals surface area contributed by atoms with E-state index in [0.29, 0.717) is 12.1 Å². The Hall–Kier alpha value is -2.91. The van der Waals surface area contributed by atoms with Crippen molar-refractivity contribution in [1.29, 1.82) is 0 Å². The lowest BCUT2D eigenvalue weighted by molar-refractivity contribution is -0.117. The third-order valence-corrected chi connectivity index (χ3v) is 2.35. The Balaban J connectivity index is 2.08. The van der Waals surface area contributed by atoms with Crippen molar-refractivity contribution in [3.8, 4) is 0 Å². The maximum atomic E-state index is 13.3. The predicted molar refractivity (Wildman–Crippen MR) is 61.9 cm³/mol. The van der Waals surface area contributed by atoms with Crippen molar-refractivity contribution in [2.75, 3.05) is 5.32 Å². The Kier molecular flexibility index (Phi) is 3.87. The second-order valence-corrected chi connectivity index (χ2v) is 3.90. The standard InChI is InChI=1S/C11H7F3N4O3/c12-5-1-7(14)8(2-6(5)13)15-10(19)4-18-3-9(11(20)21)16-17-18/h1-3H,4H2,(H,15,19)(H,20,21). The Morgan fingerprint density at radius 3 is 2.48 bits per heavy atom. The van der Waals surface area contributed by atoms with Gasteiger partial charge in [-0.15, -0.1) is 5.10 Å². The molecule has 0 bridgehead atoms. The second-order valence-electron chi connectivity index (χ2n) is 3.90. The number of anilines is 1. The smallest absolute Gasteiger partial charge is 0.358 e. The Labute approximate surface area is 115 Å². The van der Waals surface area contributed by atoms with Gasteiger partial charge in [-0.05, 0) is 0 Å². The van der Waals surface area contributed by atoms with Crippen LogP contribution in [0.5, 0.6) is 0 Å². The highest BCUT2D eigenvalue weighted by molar-refractivity contribution is 5.90. The van der Waals surface area contributed by atoms with Gasteiger partial charge in [-0.1, -0.05) is 5.21 Å². The monoisotopic (exact) mass is 300 g/mol. The molecule has 21 heavy (non-hydrogen) atoms. The molecule has 1 amide bonds. The molecule has 0 unspecified atom stereocenters. The van der Waals surface area contributed by atoms with Crippen LogP contribution in [0.15, 0.2) is 18.3 Å². The van der Waals surface area contributed by atoms with Crippen LogP contribution >= 0.6 is 0 Å². The highest BCUT2D eigenvalue weighted by Crippen LogP contribution is 2.18. The first kappa shape index (κ1) is 14.5. The molecule has 2 N–H and O–H groups in total. The van der Waals surface area contributed by atoms with Crippen LogP contribution in [-0.2, 0) is 11.3 Å². The van der Waals surface area contributed by atoms with Gasteiger partial charge in [-0.2, -0.15) is 0 Å². The molecule has 2 aromatic rings. The predicted octanol–water partition coefficient (Wildman–Crippen LogP) is 1.03. The van der Waals surface area contributed by atoms with Gasteiger partial charge in [0.2, 0.25) is 5.91 Å². The molecule has 0 aliphatic carbocycles. The molecule has 0 saturated heterocycles. The lowest BCUT2D eigenvalue weighted by atomic mass is 10.3. The van der Waals surface area contributed by atoms with E-state index in [0.717, 1.165) is 10.9 Å². The van der Waals surface area contributed by atoms with Gasteiger partial charge in [0.25, 0.3) is 0 Å². The molecule has 0 aliphatic heterocycles. The number of hydrogen-bond donors (Lipinski definition) is 2. The van der Waals surface area contributed by atoms with E-state index in [1.54, 1.807) is 0 Å². The quantitative estimate of drug-likeness (QED) is 0.822. The fourth-order valence-electron chi connectivity index (χ4n) is 1.43. The summed E-state index contributed by atoms with van der Waals surface area (Å²) >= 11 is 0. The van der Waals surface area contributed by atoms with Crippen LogP contribution in [0.25, 0.3) is 0 Å². The number of carbonyl (C=O) groups is 2. The third-order valence-electron chi connectivity index (χ3n) is 2.35. The van der Waals surface area contributed by atoms with Gasteiger partial charge >= 0.3 is 5.97 Å². The number of carboxylic acid groups (broad SMARTS) is 1. The zero-order valence-corrected chi connectivity index (χ0v) is 10.2. The van der Waals surface area contributed by atoms with Crippen molar-refractivity contribution in [3.63, 3.8) is 0 Å². The molecule has 110 valence electrons. The van der Waals surface area contributed by atoms with Gasteiger partial charge in [0, 0.05) is 12.1 Å². The molecular weight excluding hydrogens is 293 g/mol. The maximum Gasteiger partial charge on any atom is 0.358 e. The molecular formula is C11H7F3N4O3. The molecule has 1 aromatic heterocycles. The van der Waals surface area contributed by atoms with Crippen LogP contribution in [0.4, 0.5) is 18.9 Å². The Morgan fingerprint density at radius 2 is 1.86 bits per heavy atom. The summed E-state index contributed by atoms with van der Waals surface area (Å²) in [5, 5.41) is 17.3. The lowest BCUT2D eigenvalue weighted by Crippen LogP contribution is -2.20. The molecule has 2 rings (SSSR count). The number of rotatable bonds is 4. The summed E-state index contributed by atoms with van der Waals surface area (Å²) in [6.07, 6.45) is 0.990. The molecule has 1 heterocycles. The van der Waals surface area contributed by atoms with Crippen LogP contribution in [0.2, 0.25) is 0 Å². The van der Waals surface area contributed by atoms with Crippen LogP contribution in [0, 0.1) is 17.5 Å². The molecule has 0 saturated carbocycles. The number of amides is 1. The average molecular weight is 300 g/mol. The van der Waals surface area contributed by atoms with Crippen molar-refractivity contribution >= 4 is 17.6 Å². The maximum absolute atomic E-state index is 13.3.